The maximum absolute atomic E-state index is 12.4. The number of amides is 1. The fourth-order valence-corrected chi connectivity index (χ4v) is 4.01. The molecule has 2 aromatic carbocycles. The summed E-state index contributed by atoms with van der Waals surface area (Å²) in [5.41, 5.74) is 4.06. The normalized spacial score (nSPS) is 12.1. The third-order valence-corrected chi connectivity index (χ3v) is 5.16. The van der Waals surface area contributed by atoms with E-state index in [1.807, 2.05) is 0 Å². The lowest BCUT2D eigenvalue weighted by Crippen LogP contribution is -2.15. The first-order valence-electron chi connectivity index (χ1n) is 7.45. The van der Waals surface area contributed by atoms with E-state index in [0.29, 0.717) is 10.6 Å². The van der Waals surface area contributed by atoms with Crippen molar-refractivity contribution in [3.63, 3.8) is 0 Å². The van der Waals surface area contributed by atoms with E-state index in [2.05, 4.69) is 42.5 Å². The van der Waals surface area contributed by atoms with Crippen LogP contribution < -0.4 is 4.80 Å². The van der Waals surface area contributed by atoms with Crippen LogP contribution >= 0.6 is 22.9 Å². The zero-order valence-corrected chi connectivity index (χ0v) is 14.8. The van der Waals surface area contributed by atoms with Gasteiger partial charge in [0.15, 0.2) is 4.80 Å². The van der Waals surface area contributed by atoms with Gasteiger partial charge in [-0.2, -0.15) is 4.99 Å². The molecule has 3 rings (SSSR count). The highest BCUT2D eigenvalue weighted by molar-refractivity contribution is 7.16. The minimum atomic E-state index is -0.268. The Labute approximate surface area is 143 Å². The Morgan fingerprint density at radius 1 is 1.26 bits per heavy atom. The van der Waals surface area contributed by atoms with Gasteiger partial charge < -0.3 is 4.57 Å². The van der Waals surface area contributed by atoms with Crippen LogP contribution in [0.3, 0.4) is 0 Å². The van der Waals surface area contributed by atoms with Gasteiger partial charge >= 0.3 is 0 Å². The lowest BCUT2D eigenvalue weighted by Gasteiger charge is -2.03. The number of benzene rings is 2. The fraction of sp³-hybridized carbons (Fsp3) is 0.222. The van der Waals surface area contributed by atoms with E-state index in [1.54, 1.807) is 35.6 Å². The van der Waals surface area contributed by atoms with Crippen molar-refractivity contribution in [3.05, 3.63) is 62.9 Å². The first kappa shape index (κ1) is 16.0. The summed E-state index contributed by atoms with van der Waals surface area (Å²) in [4.78, 5) is 17.5. The largest absolute Gasteiger partial charge is 0.317 e. The van der Waals surface area contributed by atoms with Gasteiger partial charge in [0.05, 0.1) is 10.2 Å². The lowest BCUT2D eigenvalue weighted by atomic mass is 10.1. The van der Waals surface area contributed by atoms with Crippen LogP contribution in [0.1, 0.15) is 28.4 Å². The molecule has 3 aromatic rings. The number of rotatable bonds is 2. The van der Waals surface area contributed by atoms with Gasteiger partial charge in [-0.25, -0.2) is 0 Å². The van der Waals surface area contributed by atoms with Crippen molar-refractivity contribution in [1.82, 2.24) is 4.57 Å². The molecule has 1 heterocycles. The predicted molar refractivity (Wildman–Crippen MR) is 96.3 cm³/mol. The second-order valence-corrected chi connectivity index (χ2v) is 6.90. The van der Waals surface area contributed by atoms with Crippen LogP contribution in [0.4, 0.5) is 0 Å². The Bertz CT molecular complexity index is 969. The van der Waals surface area contributed by atoms with Crippen molar-refractivity contribution >= 4 is 39.1 Å². The number of thiazole rings is 1. The van der Waals surface area contributed by atoms with Crippen LogP contribution in [-0.2, 0) is 6.54 Å². The summed E-state index contributed by atoms with van der Waals surface area (Å²) >= 11 is 7.51. The molecular formula is C18H17ClN2OS. The van der Waals surface area contributed by atoms with Crippen LogP contribution in [0.2, 0.25) is 5.02 Å². The van der Waals surface area contributed by atoms with Crippen LogP contribution in [0.25, 0.3) is 10.2 Å². The van der Waals surface area contributed by atoms with Crippen molar-refractivity contribution in [1.29, 1.82) is 0 Å². The van der Waals surface area contributed by atoms with Crippen LogP contribution in [-0.4, -0.2) is 10.5 Å². The number of hydrogen-bond acceptors (Lipinski definition) is 2. The first-order valence-corrected chi connectivity index (χ1v) is 8.64. The number of carbonyl (C=O) groups excluding carboxylic acids is 1. The lowest BCUT2D eigenvalue weighted by molar-refractivity contribution is 0.0998. The molecule has 0 fully saturated rings. The van der Waals surface area contributed by atoms with Gasteiger partial charge in [-0.3, -0.25) is 4.79 Å². The van der Waals surface area contributed by atoms with Crippen LogP contribution in [0.15, 0.2) is 41.4 Å². The third-order valence-electron chi connectivity index (χ3n) is 3.70. The van der Waals surface area contributed by atoms with E-state index in [-0.39, 0.29) is 5.91 Å². The molecular weight excluding hydrogens is 328 g/mol. The molecule has 1 aromatic heterocycles. The van der Waals surface area contributed by atoms with Crippen molar-refractivity contribution in [2.24, 2.45) is 4.99 Å². The highest BCUT2D eigenvalue weighted by Gasteiger charge is 2.10. The van der Waals surface area contributed by atoms with Gasteiger partial charge in [0.2, 0.25) is 0 Å². The minimum absolute atomic E-state index is 0.268. The van der Waals surface area contributed by atoms with Crippen molar-refractivity contribution < 1.29 is 4.79 Å². The standard InChI is InChI=1S/C18H17ClN2OS/c1-4-21-15-9-11(2)8-12(3)16(15)23-18(21)20-17(22)13-6-5-7-14(19)10-13/h5-10H,4H2,1-3H3. The van der Waals surface area contributed by atoms with E-state index >= 15 is 0 Å². The highest BCUT2D eigenvalue weighted by Crippen LogP contribution is 2.23. The molecule has 3 nitrogen and oxygen atoms in total. The molecule has 23 heavy (non-hydrogen) atoms. The molecule has 1 amide bonds. The third kappa shape index (κ3) is 3.09. The maximum atomic E-state index is 12.4. The number of halogens is 1. The Balaban J connectivity index is 2.19. The zero-order valence-electron chi connectivity index (χ0n) is 13.3. The van der Waals surface area contributed by atoms with E-state index in [4.69, 9.17) is 11.6 Å². The molecule has 0 aliphatic heterocycles. The number of hydrogen-bond donors (Lipinski definition) is 0. The summed E-state index contributed by atoms with van der Waals surface area (Å²) < 4.78 is 3.26. The van der Waals surface area contributed by atoms with E-state index in [9.17, 15) is 4.79 Å². The second kappa shape index (κ2) is 6.30. The Morgan fingerprint density at radius 3 is 2.74 bits per heavy atom. The molecule has 0 atom stereocenters. The van der Waals surface area contributed by atoms with Gasteiger partial charge in [-0.05, 0) is 56.2 Å². The topological polar surface area (TPSA) is 34.4 Å². The average molecular weight is 345 g/mol. The fourth-order valence-electron chi connectivity index (χ4n) is 2.68. The monoisotopic (exact) mass is 344 g/mol. The second-order valence-electron chi connectivity index (χ2n) is 5.49. The smallest absolute Gasteiger partial charge is 0.279 e. The number of aromatic nitrogens is 1. The van der Waals surface area contributed by atoms with Gasteiger partial charge in [0.25, 0.3) is 5.91 Å². The molecule has 0 spiro atoms. The highest BCUT2D eigenvalue weighted by atomic mass is 35.5. The van der Waals surface area contributed by atoms with Crippen molar-refractivity contribution in [2.45, 2.75) is 27.3 Å². The summed E-state index contributed by atoms with van der Waals surface area (Å²) in [6.07, 6.45) is 0. The molecule has 0 radical (unpaired) electrons. The summed E-state index contributed by atoms with van der Waals surface area (Å²) in [5, 5.41) is 0.539. The molecule has 118 valence electrons. The van der Waals surface area contributed by atoms with E-state index < -0.39 is 0 Å². The number of fused-ring (bicyclic) bond motifs is 1. The molecule has 0 saturated heterocycles. The number of aryl methyl sites for hydroxylation is 3. The Morgan fingerprint density at radius 2 is 2.04 bits per heavy atom. The quantitative estimate of drug-likeness (QED) is 0.661. The Hall–Kier alpha value is -1.91. The molecule has 0 bridgehead atoms. The van der Waals surface area contributed by atoms with Gasteiger partial charge in [-0.1, -0.05) is 35.1 Å². The summed E-state index contributed by atoms with van der Waals surface area (Å²) in [7, 11) is 0. The number of carbonyl (C=O) groups is 1. The summed E-state index contributed by atoms with van der Waals surface area (Å²) in [6, 6.07) is 11.2. The maximum Gasteiger partial charge on any atom is 0.279 e. The molecule has 5 heteroatoms. The van der Waals surface area contributed by atoms with Crippen molar-refractivity contribution in [3.8, 4) is 0 Å². The SMILES string of the molecule is CCn1c(=NC(=O)c2cccc(Cl)c2)sc2c(C)cc(C)cc21. The Kier molecular flexibility index (Phi) is 4.37. The van der Waals surface area contributed by atoms with E-state index in [0.717, 1.165) is 16.9 Å². The molecule has 0 saturated carbocycles. The van der Waals surface area contributed by atoms with Crippen LogP contribution in [0, 0.1) is 13.8 Å². The van der Waals surface area contributed by atoms with E-state index in [1.165, 1.54) is 15.8 Å². The summed E-state index contributed by atoms with van der Waals surface area (Å²) in [6.45, 7) is 7.00. The van der Waals surface area contributed by atoms with Gasteiger partial charge in [0.1, 0.15) is 0 Å². The molecule has 0 unspecified atom stereocenters. The molecule has 0 aliphatic carbocycles. The van der Waals surface area contributed by atoms with Crippen LogP contribution in [0.5, 0.6) is 0 Å². The molecule has 0 aliphatic rings. The average Bonchev–Trinajstić information content (AvgIpc) is 2.84. The summed E-state index contributed by atoms with van der Waals surface area (Å²) in [5.74, 6) is -0.268. The zero-order chi connectivity index (χ0) is 16.6. The minimum Gasteiger partial charge on any atom is -0.317 e. The number of nitrogens with zero attached hydrogens (tertiary/aromatic N) is 2. The van der Waals surface area contributed by atoms with Crippen molar-refractivity contribution in [2.75, 3.05) is 0 Å². The molecule has 0 N–H and O–H groups in total. The predicted octanol–water partition coefficient (Wildman–Crippen LogP) is 4.73. The van der Waals surface area contributed by atoms with Gasteiger partial charge in [0, 0.05) is 17.1 Å². The first-order chi connectivity index (χ1) is 11.0. The van der Waals surface area contributed by atoms with Gasteiger partial charge in [-0.15, -0.1) is 0 Å².